The van der Waals surface area contributed by atoms with Crippen molar-refractivity contribution in [3.05, 3.63) is 96.3 Å². The van der Waals surface area contributed by atoms with E-state index in [4.69, 9.17) is 0 Å². The summed E-state index contributed by atoms with van der Waals surface area (Å²) in [6.45, 7) is 0. The number of aromatic nitrogens is 2. The first-order chi connectivity index (χ1) is 14.3. The molecule has 6 nitrogen and oxygen atoms in total. The zero-order valence-corrected chi connectivity index (χ0v) is 15.5. The number of hydrogen-bond acceptors (Lipinski definition) is 6. The molecule has 0 saturated carbocycles. The second-order valence-corrected chi connectivity index (χ2v) is 6.64. The van der Waals surface area contributed by atoms with Crippen LogP contribution in [0.4, 0.5) is 23.0 Å². The van der Waals surface area contributed by atoms with Crippen LogP contribution in [0.2, 0.25) is 0 Å². The average molecular weight is 376 g/mol. The summed E-state index contributed by atoms with van der Waals surface area (Å²) in [6, 6.07) is 23.5. The van der Waals surface area contributed by atoms with Gasteiger partial charge >= 0.3 is 0 Å². The Labute approximate surface area is 167 Å². The monoisotopic (exact) mass is 376 g/mol. The van der Waals surface area contributed by atoms with E-state index in [2.05, 4.69) is 54.7 Å². The Kier molecular flexibility index (Phi) is 4.42. The predicted octanol–water partition coefficient (Wildman–Crippen LogP) is 6.88. The van der Waals surface area contributed by atoms with Gasteiger partial charge in [-0.3, -0.25) is 0 Å². The first kappa shape index (κ1) is 17.1. The molecule has 29 heavy (non-hydrogen) atoms. The number of pyridine rings is 2. The Balaban J connectivity index is 1.37. The Morgan fingerprint density at radius 3 is 1.52 bits per heavy atom. The van der Waals surface area contributed by atoms with Crippen LogP contribution in [0.3, 0.4) is 0 Å². The molecular weight excluding hydrogens is 360 g/mol. The van der Waals surface area contributed by atoms with E-state index in [9.17, 15) is 0 Å². The number of rotatable bonds is 4. The maximum atomic E-state index is 4.32. The summed E-state index contributed by atoms with van der Waals surface area (Å²) >= 11 is 0. The van der Waals surface area contributed by atoms with Crippen molar-refractivity contribution < 1.29 is 0 Å². The topological polar surface area (TPSA) is 75.2 Å². The highest BCUT2D eigenvalue weighted by molar-refractivity contribution is 5.79. The third-order valence-corrected chi connectivity index (χ3v) is 4.68. The minimum atomic E-state index is 0.596. The van der Waals surface area contributed by atoms with Crippen molar-refractivity contribution in [3.63, 3.8) is 0 Å². The van der Waals surface area contributed by atoms with Gasteiger partial charge in [0.1, 0.15) is 0 Å². The lowest BCUT2D eigenvalue weighted by molar-refractivity contribution is 1.14. The minimum Gasteiger partial charge on any atom is -0.236 e. The molecule has 1 aliphatic carbocycles. The van der Waals surface area contributed by atoms with Crippen LogP contribution in [0, 0.1) is 0 Å². The normalized spacial score (nSPS) is 12.4. The fraction of sp³-hybridized carbons (Fsp3) is 0.0435. The summed E-state index contributed by atoms with van der Waals surface area (Å²) in [5, 5.41) is 17.0. The van der Waals surface area contributed by atoms with Gasteiger partial charge < -0.3 is 0 Å². The lowest BCUT2D eigenvalue weighted by atomic mass is 10.1. The Bertz CT molecular complexity index is 1120. The Morgan fingerprint density at radius 2 is 1.07 bits per heavy atom. The van der Waals surface area contributed by atoms with Gasteiger partial charge in [-0.2, -0.15) is 0 Å². The van der Waals surface area contributed by atoms with Crippen LogP contribution in [0.1, 0.15) is 11.1 Å². The van der Waals surface area contributed by atoms with Crippen LogP contribution in [0.15, 0.2) is 106 Å². The van der Waals surface area contributed by atoms with Gasteiger partial charge in [-0.1, -0.05) is 24.3 Å². The van der Waals surface area contributed by atoms with E-state index in [1.54, 1.807) is 12.4 Å². The van der Waals surface area contributed by atoms with E-state index in [0.29, 0.717) is 11.6 Å². The number of azo groups is 2. The number of hydrogen-bond donors (Lipinski definition) is 0. The Morgan fingerprint density at radius 1 is 0.552 bits per heavy atom. The highest BCUT2D eigenvalue weighted by Crippen LogP contribution is 2.40. The summed E-state index contributed by atoms with van der Waals surface area (Å²) in [5.41, 5.74) is 6.55. The van der Waals surface area contributed by atoms with Crippen LogP contribution in [0.5, 0.6) is 0 Å². The zero-order valence-electron chi connectivity index (χ0n) is 15.5. The van der Waals surface area contributed by atoms with Crippen molar-refractivity contribution in [1.82, 2.24) is 9.97 Å². The molecular formula is C23H16N6. The predicted molar refractivity (Wildman–Crippen MR) is 112 cm³/mol. The van der Waals surface area contributed by atoms with E-state index in [1.807, 2.05) is 48.5 Å². The van der Waals surface area contributed by atoms with Crippen molar-refractivity contribution in [2.24, 2.45) is 20.5 Å². The molecule has 0 amide bonds. The summed E-state index contributed by atoms with van der Waals surface area (Å²) in [4.78, 5) is 8.33. The van der Waals surface area contributed by atoms with Gasteiger partial charge in [0, 0.05) is 12.4 Å². The molecule has 0 N–H and O–H groups in total. The minimum absolute atomic E-state index is 0.596. The maximum Gasteiger partial charge on any atom is 0.174 e. The van der Waals surface area contributed by atoms with Crippen LogP contribution in [-0.4, -0.2) is 9.97 Å². The standard InChI is InChI=1S/C23H16N6/c1-3-11-24-22(5-1)28-26-18-7-9-20-16(14-18)13-17-15-19(8-10-21(17)20)27-29-23-6-2-4-12-25-23/h1-12,14-15H,13H2. The molecule has 0 saturated heterocycles. The van der Waals surface area contributed by atoms with Gasteiger partial charge in [-0.25, -0.2) is 9.97 Å². The van der Waals surface area contributed by atoms with E-state index < -0.39 is 0 Å². The van der Waals surface area contributed by atoms with Crippen LogP contribution in [0.25, 0.3) is 11.1 Å². The molecule has 0 bridgehead atoms. The third-order valence-electron chi connectivity index (χ3n) is 4.68. The Hall–Kier alpha value is -4.06. The van der Waals surface area contributed by atoms with E-state index in [0.717, 1.165) is 17.8 Å². The molecule has 2 aromatic heterocycles. The van der Waals surface area contributed by atoms with Crippen LogP contribution in [-0.2, 0) is 6.42 Å². The molecule has 2 aromatic carbocycles. The van der Waals surface area contributed by atoms with Gasteiger partial charge in [0.2, 0.25) is 0 Å². The molecule has 5 rings (SSSR count). The third kappa shape index (κ3) is 3.68. The van der Waals surface area contributed by atoms with Gasteiger partial charge in [0.05, 0.1) is 11.4 Å². The van der Waals surface area contributed by atoms with Gasteiger partial charge in [0.15, 0.2) is 11.6 Å². The highest BCUT2D eigenvalue weighted by Gasteiger charge is 2.19. The van der Waals surface area contributed by atoms with Gasteiger partial charge in [-0.15, -0.1) is 20.5 Å². The molecule has 2 heterocycles. The summed E-state index contributed by atoms with van der Waals surface area (Å²) in [6.07, 6.45) is 4.25. The van der Waals surface area contributed by atoms with Crippen LogP contribution >= 0.6 is 0 Å². The SMILES string of the molecule is c1ccc(N=Nc2ccc3c(c2)Cc2cc(N=Nc4ccccn4)ccc2-3)nc1. The number of benzene rings is 2. The average Bonchev–Trinajstić information content (AvgIpc) is 3.14. The van der Waals surface area contributed by atoms with Crippen molar-refractivity contribution in [2.45, 2.75) is 6.42 Å². The molecule has 1 aliphatic rings. The molecule has 6 heteroatoms. The van der Waals surface area contributed by atoms with Gasteiger partial charge in [-0.05, 0) is 77.2 Å². The summed E-state index contributed by atoms with van der Waals surface area (Å²) in [5.74, 6) is 1.19. The molecule has 0 unspecified atom stereocenters. The molecule has 0 aliphatic heterocycles. The lowest BCUT2D eigenvalue weighted by Gasteiger charge is -2.02. The summed E-state index contributed by atoms with van der Waals surface area (Å²) < 4.78 is 0. The fourth-order valence-corrected chi connectivity index (χ4v) is 3.35. The summed E-state index contributed by atoms with van der Waals surface area (Å²) in [7, 11) is 0. The van der Waals surface area contributed by atoms with Crippen molar-refractivity contribution >= 4 is 23.0 Å². The zero-order chi connectivity index (χ0) is 19.5. The largest absolute Gasteiger partial charge is 0.236 e. The van der Waals surface area contributed by atoms with E-state index in [-0.39, 0.29) is 0 Å². The molecule has 0 radical (unpaired) electrons. The second kappa shape index (κ2) is 7.52. The maximum absolute atomic E-state index is 4.32. The van der Waals surface area contributed by atoms with Gasteiger partial charge in [0.25, 0.3) is 0 Å². The molecule has 0 spiro atoms. The van der Waals surface area contributed by atoms with E-state index >= 15 is 0 Å². The fourth-order valence-electron chi connectivity index (χ4n) is 3.35. The van der Waals surface area contributed by atoms with Crippen LogP contribution < -0.4 is 0 Å². The number of nitrogens with zero attached hydrogens (tertiary/aromatic N) is 6. The number of fused-ring (bicyclic) bond motifs is 3. The molecule has 0 fully saturated rings. The quantitative estimate of drug-likeness (QED) is 0.321. The second-order valence-electron chi connectivity index (χ2n) is 6.64. The first-order valence-corrected chi connectivity index (χ1v) is 9.27. The van der Waals surface area contributed by atoms with E-state index in [1.165, 1.54) is 22.3 Å². The first-order valence-electron chi connectivity index (χ1n) is 9.27. The molecule has 4 aromatic rings. The van der Waals surface area contributed by atoms with Crippen molar-refractivity contribution in [1.29, 1.82) is 0 Å². The van der Waals surface area contributed by atoms with Crippen molar-refractivity contribution in [3.8, 4) is 11.1 Å². The smallest absolute Gasteiger partial charge is 0.174 e. The van der Waals surface area contributed by atoms with Crippen molar-refractivity contribution in [2.75, 3.05) is 0 Å². The highest BCUT2D eigenvalue weighted by atomic mass is 15.1. The molecule has 0 atom stereocenters. The lowest BCUT2D eigenvalue weighted by Crippen LogP contribution is -1.79. The molecule has 138 valence electrons.